The zero-order valence-corrected chi connectivity index (χ0v) is 16.7. The molecule has 0 aliphatic carbocycles. The van der Waals surface area contributed by atoms with Gasteiger partial charge in [-0.05, 0) is 48.9 Å². The molecule has 0 atom stereocenters. The molecule has 1 N–H and O–H groups in total. The first-order chi connectivity index (χ1) is 12.7. The van der Waals surface area contributed by atoms with Crippen molar-refractivity contribution in [2.45, 2.75) is 26.1 Å². The average molecular weight is 435 g/mol. The number of rotatable bonds is 9. The van der Waals surface area contributed by atoms with Crippen LogP contribution in [0.1, 0.15) is 17.5 Å². The molecule has 0 saturated heterocycles. The van der Waals surface area contributed by atoms with Gasteiger partial charge in [0.1, 0.15) is 12.4 Å². The average Bonchev–Trinajstić information content (AvgIpc) is 3.15. The molecule has 0 aliphatic heterocycles. The fourth-order valence-electron chi connectivity index (χ4n) is 2.60. The Kier molecular flexibility index (Phi) is 7.12. The van der Waals surface area contributed by atoms with Crippen LogP contribution in [0, 0.1) is 0 Å². The number of halogens is 2. The van der Waals surface area contributed by atoms with Gasteiger partial charge in [0, 0.05) is 40.5 Å². The highest BCUT2D eigenvalue weighted by molar-refractivity contribution is 9.10. The third kappa shape index (κ3) is 5.87. The standard InChI is InChI=1S/C20H21BrClN3O/c21-18-4-7-20(26-14-16-2-5-19(22)6-3-16)17(12-18)13-23-8-1-10-25-11-9-24-15-25/h2-7,9,11-12,15,23H,1,8,10,13-14H2. The highest BCUT2D eigenvalue weighted by atomic mass is 79.9. The lowest BCUT2D eigenvalue weighted by atomic mass is 10.2. The summed E-state index contributed by atoms with van der Waals surface area (Å²) in [6.45, 7) is 3.18. The topological polar surface area (TPSA) is 39.1 Å². The van der Waals surface area contributed by atoms with Crippen LogP contribution in [-0.2, 0) is 19.7 Å². The maximum absolute atomic E-state index is 6.02. The monoisotopic (exact) mass is 433 g/mol. The van der Waals surface area contributed by atoms with Crippen molar-refractivity contribution in [3.05, 3.63) is 81.8 Å². The summed E-state index contributed by atoms with van der Waals surface area (Å²) in [5, 5.41) is 4.22. The van der Waals surface area contributed by atoms with E-state index in [0.717, 1.165) is 52.4 Å². The molecule has 6 heteroatoms. The first-order valence-electron chi connectivity index (χ1n) is 8.53. The van der Waals surface area contributed by atoms with E-state index in [-0.39, 0.29) is 0 Å². The van der Waals surface area contributed by atoms with Gasteiger partial charge in [-0.1, -0.05) is 39.7 Å². The third-order valence-corrected chi connectivity index (χ3v) is 4.72. The van der Waals surface area contributed by atoms with E-state index in [9.17, 15) is 0 Å². The zero-order chi connectivity index (χ0) is 18.2. The number of ether oxygens (including phenoxy) is 1. The number of aryl methyl sites for hydroxylation is 1. The minimum Gasteiger partial charge on any atom is -0.489 e. The van der Waals surface area contributed by atoms with E-state index in [4.69, 9.17) is 16.3 Å². The van der Waals surface area contributed by atoms with Gasteiger partial charge < -0.3 is 14.6 Å². The van der Waals surface area contributed by atoms with Gasteiger partial charge in [-0.3, -0.25) is 0 Å². The number of hydrogen-bond acceptors (Lipinski definition) is 3. The second-order valence-electron chi connectivity index (χ2n) is 6.00. The first kappa shape index (κ1) is 19.0. The van der Waals surface area contributed by atoms with Crippen LogP contribution in [0.2, 0.25) is 5.02 Å². The molecule has 0 fully saturated rings. The van der Waals surface area contributed by atoms with Crippen LogP contribution in [0.5, 0.6) is 5.75 Å². The Morgan fingerprint density at radius 3 is 2.77 bits per heavy atom. The van der Waals surface area contributed by atoms with Gasteiger partial charge in [0.2, 0.25) is 0 Å². The SMILES string of the molecule is Clc1ccc(COc2ccc(Br)cc2CNCCCn2ccnc2)cc1. The summed E-state index contributed by atoms with van der Waals surface area (Å²) in [4.78, 5) is 4.05. The van der Waals surface area contributed by atoms with Crippen molar-refractivity contribution in [1.29, 1.82) is 0 Å². The van der Waals surface area contributed by atoms with Gasteiger partial charge >= 0.3 is 0 Å². The van der Waals surface area contributed by atoms with Crippen molar-refractivity contribution < 1.29 is 4.74 Å². The van der Waals surface area contributed by atoms with Crippen molar-refractivity contribution in [3.63, 3.8) is 0 Å². The molecule has 0 spiro atoms. The molecule has 2 aromatic carbocycles. The van der Waals surface area contributed by atoms with E-state index in [1.807, 2.05) is 48.9 Å². The van der Waals surface area contributed by atoms with Gasteiger partial charge in [0.25, 0.3) is 0 Å². The van der Waals surface area contributed by atoms with Gasteiger partial charge in [-0.25, -0.2) is 4.98 Å². The first-order valence-corrected chi connectivity index (χ1v) is 9.70. The lowest BCUT2D eigenvalue weighted by molar-refractivity contribution is 0.302. The summed E-state index contributed by atoms with van der Waals surface area (Å²) < 4.78 is 9.15. The van der Waals surface area contributed by atoms with Crippen molar-refractivity contribution in [2.24, 2.45) is 0 Å². The molecule has 0 radical (unpaired) electrons. The van der Waals surface area contributed by atoms with E-state index < -0.39 is 0 Å². The number of hydrogen-bond donors (Lipinski definition) is 1. The minimum atomic E-state index is 0.520. The van der Waals surface area contributed by atoms with E-state index in [1.165, 1.54) is 0 Å². The molecule has 0 saturated carbocycles. The molecule has 0 amide bonds. The summed E-state index contributed by atoms with van der Waals surface area (Å²) in [7, 11) is 0. The summed E-state index contributed by atoms with van der Waals surface area (Å²) in [6, 6.07) is 13.8. The summed E-state index contributed by atoms with van der Waals surface area (Å²) in [5.74, 6) is 0.894. The highest BCUT2D eigenvalue weighted by Crippen LogP contribution is 2.24. The quantitative estimate of drug-likeness (QED) is 0.479. The Bertz CT molecular complexity index is 806. The Hall–Kier alpha value is -1.82. The molecule has 136 valence electrons. The van der Waals surface area contributed by atoms with Gasteiger partial charge in [-0.2, -0.15) is 0 Å². The molecule has 0 unspecified atom stereocenters. The number of nitrogens with one attached hydrogen (secondary N) is 1. The summed E-state index contributed by atoms with van der Waals surface area (Å²) in [5.41, 5.74) is 2.23. The predicted octanol–water partition coefficient (Wildman–Crippen LogP) is 5.06. The van der Waals surface area contributed by atoms with Crippen LogP contribution in [0.3, 0.4) is 0 Å². The van der Waals surface area contributed by atoms with Crippen LogP contribution in [0.4, 0.5) is 0 Å². The normalized spacial score (nSPS) is 10.8. The largest absolute Gasteiger partial charge is 0.489 e. The van der Waals surface area contributed by atoms with E-state index in [1.54, 1.807) is 6.20 Å². The van der Waals surface area contributed by atoms with Crippen molar-refractivity contribution >= 4 is 27.5 Å². The maximum Gasteiger partial charge on any atom is 0.124 e. The summed E-state index contributed by atoms with van der Waals surface area (Å²) in [6.07, 6.45) is 6.68. The summed E-state index contributed by atoms with van der Waals surface area (Å²) >= 11 is 9.47. The molecule has 1 heterocycles. The molecular weight excluding hydrogens is 414 g/mol. The minimum absolute atomic E-state index is 0.520. The molecule has 1 aromatic heterocycles. The lowest BCUT2D eigenvalue weighted by Gasteiger charge is -2.13. The smallest absolute Gasteiger partial charge is 0.124 e. The van der Waals surface area contributed by atoms with Crippen molar-refractivity contribution in [3.8, 4) is 5.75 Å². The van der Waals surface area contributed by atoms with Gasteiger partial charge in [-0.15, -0.1) is 0 Å². The fraction of sp³-hybridized carbons (Fsp3) is 0.250. The van der Waals surface area contributed by atoms with Crippen molar-refractivity contribution in [1.82, 2.24) is 14.9 Å². The van der Waals surface area contributed by atoms with Crippen LogP contribution in [0.15, 0.2) is 65.7 Å². The molecule has 3 rings (SSSR count). The number of aromatic nitrogens is 2. The van der Waals surface area contributed by atoms with Gasteiger partial charge in [0.15, 0.2) is 0 Å². The van der Waals surface area contributed by atoms with Crippen LogP contribution in [-0.4, -0.2) is 16.1 Å². The Morgan fingerprint density at radius 2 is 2.00 bits per heavy atom. The predicted molar refractivity (Wildman–Crippen MR) is 108 cm³/mol. The van der Waals surface area contributed by atoms with E-state index in [0.29, 0.717) is 6.61 Å². The van der Waals surface area contributed by atoms with Gasteiger partial charge in [0.05, 0.1) is 6.33 Å². The second kappa shape index (κ2) is 9.76. The molecule has 0 bridgehead atoms. The fourth-order valence-corrected chi connectivity index (χ4v) is 3.13. The highest BCUT2D eigenvalue weighted by Gasteiger charge is 2.05. The number of nitrogens with zero attached hydrogens (tertiary/aromatic N) is 2. The Morgan fingerprint density at radius 1 is 1.15 bits per heavy atom. The molecule has 4 nitrogen and oxygen atoms in total. The van der Waals surface area contributed by atoms with Crippen LogP contribution < -0.4 is 10.1 Å². The maximum atomic E-state index is 6.02. The zero-order valence-electron chi connectivity index (χ0n) is 14.4. The second-order valence-corrected chi connectivity index (χ2v) is 7.35. The lowest BCUT2D eigenvalue weighted by Crippen LogP contribution is -2.17. The molecule has 26 heavy (non-hydrogen) atoms. The Labute approximate surface area is 167 Å². The number of imidazole rings is 1. The molecular formula is C20H21BrClN3O. The van der Waals surface area contributed by atoms with Crippen LogP contribution >= 0.6 is 27.5 Å². The van der Waals surface area contributed by atoms with E-state index in [2.05, 4.69) is 36.9 Å². The molecule has 3 aromatic rings. The van der Waals surface area contributed by atoms with Crippen molar-refractivity contribution in [2.75, 3.05) is 6.54 Å². The molecule has 0 aliphatic rings. The number of benzene rings is 2. The Balaban J connectivity index is 1.51. The van der Waals surface area contributed by atoms with Crippen LogP contribution in [0.25, 0.3) is 0 Å². The third-order valence-electron chi connectivity index (χ3n) is 3.97. The van der Waals surface area contributed by atoms with E-state index >= 15 is 0 Å².